The molecule has 0 saturated carbocycles. The van der Waals surface area contributed by atoms with Gasteiger partial charge < -0.3 is 4.74 Å². The van der Waals surface area contributed by atoms with Crippen molar-refractivity contribution in [3.63, 3.8) is 0 Å². The maximum atomic E-state index is 13.6. The molecule has 31 heavy (non-hydrogen) atoms. The molecular formula is C24H24N4O2S. The smallest absolute Gasteiger partial charge is 0.287 e. The minimum Gasteiger partial charge on any atom is -0.358 e. The zero-order valence-corrected chi connectivity index (χ0v) is 18.4. The van der Waals surface area contributed by atoms with E-state index in [0.717, 1.165) is 41.8 Å². The van der Waals surface area contributed by atoms with Crippen molar-refractivity contribution in [2.24, 2.45) is 0 Å². The first-order chi connectivity index (χ1) is 15.1. The average molecular weight is 433 g/mol. The van der Waals surface area contributed by atoms with Crippen molar-refractivity contribution in [1.29, 1.82) is 0 Å². The lowest BCUT2D eigenvalue weighted by atomic mass is 10.2. The molecule has 1 aliphatic heterocycles. The van der Waals surface area contributed by atoms with E-state index in [0.29, 0.717) is 22.5 Å². The van der Waals surface area contributed by atoms with Gasteiger partial charge in [-0.3, -0.25) is 18.5 Å². The summed E-state index contributed by atoms with van der Waals surface area (Å²) in [4.78, 5) is 18.2. The highest BCUT2D eigenvalue weighted by Crippen LogP contribution is 2.28. The Labute approximate surface area is 185 Å². The van der Waals surface area contributed by atoms with E-state index in [-0.39, 0.29) is 11.8 Å². The fraction of sp³-hybridized carbons (Fsp3) is 0.292. The molecule has 1 atom stereocenters. The minimum absolute atomic E-state index is 0.155. The Morgan fingerprint density at radius 1 is 0.968 bits per heavy atom. The number of benzene rings is 2. The molecule has 158 valence electrons. The zero-order chi connectivity index (χ0) is 21.5. The fourth-order valence-electron chi connectivity index (χ4n) is 4.32. The largest absolute Gasteiger partial charge is 0.358 e. The first-order valence-electron chi connectivity index (χ1n) is 10.6. The summed E-state index contributed by atoms with van der Waals surface area (Å²) in [5.74, 6) is 0. The van der Waals surface area contributed by atoms with Crippen LogP contribution in [0.1, 0.15) is 36.6 Å². The van der Waals surface area contributed by atoms with Gasteiger partial charge in [0.15, 0.2) is 15.9 Å². The number of ether oxygens (including phenoxy) is 1. The monoisotopic (exact) mass is 432 g/mol. The van der Waals surface area contributed by atoms with E-state index >= 15 is 0 Å². The van der Waals surface area contributed by atoms with Crippen molar-refractivity contribution in [2.45, 2.75) is 39.3 Å². The van der Waals surface area contributed by atoms with Crippen LogP contribution >= 0.6 is 12.2 Å². The molecule has 2 aromatic heterocycles. The van der Waals surface area contributed by atoms with E-state index in [2.05, 4.69) is 4.98 Å². The van der Waals surface area contributed by atoms with Gasteiger partial charge in [-0.25, -0.2) is 4.98 Å². The Hall–Kier alpha value is -3.03. The summed E-state index contributed by atoms with van der Waals surface area (Å²) < 4.78 is 12.0. The molecule has 4 aromatic rings. The van der Waals surface area contributed by atoms with Crippen molar-refractivity contribution in [3.8, 4) is 11.4 Å². The van der Waals surface area contributed by atoms with Crippen LogP contribution in [0.4, 0.5) is 0 Å². The van der Waals surface area contributed by atoms with Crippen LogP contribution in [0, 0.1) is 18.6 Å². The number of fused-ring (bicyclic) bond motifs is 1. The summed E-state index contributed by atoms with van der Waals surface area (Å²) in [6.45, 7) is 4.73. The highest BCUT2D eigenvalue weighted by molar-refractivity contribution is 7.71. The van der Waals surface area contributed by atoms with Gasteiger partial charge in [-0.1, -0.05) is 36.4 Å². The van der Waals surface area contributed by atoms with Gasteiger partial charge in [0.2, 0.25) is 0 Å². The van der Waals surface area contributed by atoms with Crippen molar-refractivity contribution in [1.82, 2.24) is 18.7 Å². The molecule has 2 aromatic carbocycles. The standard InChI is InChI=1S/C24H24N4O2S/c1-16-9-3-5-11-18(16)27-22-21(25-15-26(22)20-13-7-8-14-30-20)23(29)28(24(27)31)19-12-6-4-10-17(19)2/h3-6,9-12,15,20H,7-8,13-14H2,1-2H3. The predicted molar refractivity (Wildman–Crippen MR) is 124 cm³/mol. The molecular weight excluding hydrogens is 408 g/mol. The van der Waals surface area contributed by atoms with Gasteiger partial charge in [0.1, 0.15) is 6.23 Å². The number of aryl methyl sites for hydroxylation is 2. The van der Waals surface area contributed by atoms with E-state index in [4.69, 9.17) is 17.0 Å². The predicted octanol–water partition coefficient (Wildman–Crippen LogP) is 5.02. The molecule has 0 aliphatic carbocycles. The van der Waals surface area contributed by atoms with Crippen LogP contribution in [0.15, 0.2) is 59.7 Å². The number of imidazole rings is 1. The maximum absolute atomic E-state index is 13.6. The number of hydrogen-bond donors (Lipinski definition) is 0. The lowest BCUT2D eigenvalue weighted by Crippen LogP contribution is -2.26. The SMILES string of the molecule is Cc1ccccc1-n1c(=O)c2ncn(C3CCCCO3)c2n(-c2ccccc2C)c1=S. The van der Waals surface area contributed by atoms with Gasteiger partial charge in [0.05, 0.1) is 17.7 Å². The molecule has 7 heteroatoms. The van der Waals surface area contributed by atoms with E-state index in [1.54, 1.807) is 10.9 Å². The third-order valence-electron chi connectivity index (χ3n) is 5.95. The van der Waals surface area contributed by atoms with Crippen molar-refractivity contribution >= 4 is 23.4 Å². The number of aromatic nitrogens is 4. The summed E-state index contributed by atoms with van der Waals surface area (Å²) in [5.41, 5.74) is 4.58. The normalized spacial score (nSPS) is 16.6. The number of para-hydroxylation sites is 2. The second kappa shape index (κ2) is 7.90. The van der Waals surface area contributed by atoms with Crippen LogP contribution in [0.25, 0.3) is 22.5 Å². The Bertz CT molecular complexity index is 1390. The van der Waals surface area contributed by atoms with Crippen LogP contribution < -0.4 is 5.56 Å². The van der Waals surface area contributed by atoms with E-state index in [1.165, 1.54) is 0 Å². The summed E-state index contributed by atoms with van der Waals surface area (Å²) in [7, 11) is 0. The number of nitrogens with zero attached hydrogens (tertiary/aromatic N) is 4. The van der Waals surface area contributed by atoms with Crippen LogP contribution in [-0.4, -0.2) is 25.3 Å². The molecule has 1 saturated heterocycles. The molecule has 1 unspecified atom stereocenters. The Morgan fingerprint density at radius 2 is 1.61 bits per heavy atom. The second-order valence-electron chi connectivity index (χ2n) is 7.98. The van der Waals surface area contributed by atoms with Crippen molar-refractivity contribution in [3.05, 3.63) is 81.1 Å². The van der Waals surface area contributed by atoms with Gasteiger partial charge in [-0.2, -0.15) is 0 Å². The summed E-state index contributed by atoms with van der Waals surface area (Å²) in [6, 6.07) is 15.8. The fourth-order valence-corrected chi connectivity index (χ4v) is 4.69. The Balaban J connectivity index is 1.92. The molecule has 1 aliphatic rings. The Kier molecular flexibility index (Phi) is 5.08. The van der Waals surface area contributed by atoms with Crippen LogP contribution in [-0.2, 0) is 4.74 Å². The van der Waals surface area contributed by atoms with Gasteiger partial charge in [-0.05, 0) is 68.6 Å². The third kappa shape index (κ3) is 3.25. The molecule has 5 rings (SSSR count). The summed E-state index contributed by atoms with van der Waals surface area (Å²) in [6.07, 6.45) is 4.57. The third-order valence-corrected chi connectivity index (χ3v) is 6.31. The quantitative estimate of drug-likeness (QED) is 0.427. The summed E-state index contributed by atoms with van der Waals surface area (Å²) >= 11 is 5.96. The van der Waals surface area contributed by atoms with Gasteiger partial charge in [0, 0.05) is 6.61 Å². The zero-order valence-electron chi connectivity index (χ0n) is 17.6. The summed E-state index contributed by atoms with van der Waals surface area (Å²) in [5, 5.41) is 0. The lowest BCUT2D eigenvalue weighted by molar-refractivity contribution is -0.0299. The molecule has 6 nitrogen and oxygen atoms in total. The molecule has 0 spiro atoms. The number of hydrogen-bond acceptors (Lipinski definition) is 4. The maximum Gasteiger partial charge on any atom is 0.287 e. The minimum atomic E-state index is -0.214. The molecule has 3 heterocycles. The molecule has 0 bridgehead atoms. The van der Waals surface area contributed by atoms with Crippen molar-refractivity contribution in [2.75, 3.05) is 6.61 Å². The first kappa shape index (κ1) is 19.9. The first-order valence-corrected chi connectivity index (χ1v) is 11.0. The van der Waals surface area contributed by atoms with E-state index in [9.17, 15) is 4.79 Å². The molecule has 1 fully saturated rings. The van der Waals surface area contributed by atoms with Gasteiger partial charge >= 0.3 is 0 Å². The highest BCUT2D eigenvalue weighted by Gasteiger charge is 2.24. The van der Waals surface area contributed by atoms with E-state index < -0.39 is 0 Å². The molecule has 0 radical (unpaired) electrons. The van der Waals surface area contributed by atoms with Crippen molar-refractivity contribution < 1.29 is 4.74 Å². The Morgan fingerprint density at radius 3 is 2.23 bits per heavy atom. The second-order valence-corrected chi connectivity index (χ2v) is 8.34. The van der Waals surface area contributed by atoms with E-state index in [1.807, 2.05) is 71.5 Å². The van der Waals surface area contributed by atoms with Crippen LogP contribution in [0.3, 0.4) is 0 Å². The lowest BCUT2D eigenvalue weighted by Gasteiger charge is -2.26. The molecule has 0 N–H and O–H groups in total. The highest BCUT2D eigenvalue weighted by atomic mass is 32.1. The van der Waals surface area contributed by atoms with Gasteiger partial charge in [0.25, 0.3) is 5.56 Å². The topological polar surface area (TPSA) is 54.0 Å². The number of rotatable bonds is 3. The molecule has 0 amide bonds. The van der Waals surface area contributed by atoms with Crippen LogP contribution in [0.2, 0.25) is 0 Å². The van der Waals surface area contributed by atoms with Gasteiger partial charge in [-0.15, -0.1) is 0 Å². The van der Waals surface area contributed by atoms with Crippen LogP contribution in [0.5, 0.6) is 0 Å². The average Bonchev–Trinajstić information content (AvgIpc) is 3.22.